The van der Waals surface area contributed by atoms with Crippen LogP contribution in [0.1, 0.15) is 40.3 Å². The van der Waals surface area contributed by atoms with E-state index >= 15 is 0 Å². The number of pyridine rings is 1. The summed E-state index contributed by atoms with van der Waals surface area (Å²) in [5.74, 6) is -1.27. The van der Waals surface area contributed by atoms with E-state index < -0.39 is 17.3 Å². The Kier molecular flexibility index (Phi) is 7.42. The zero-order valence-electron chi connectivity index (χ0n) is 18.4. The van der Waals surface area contributed by atoms with Gasteiger partial charge in [-0.3, -0.25) is 9.59 Å². The highest BCUT2D eigenvalue weighted by molar-refractivity contribution is 7.19. The second-order valence-electron chi connectivity index (χ2n) is 7.75. The summed E-state index contributed by atoms with van der Waals surface area (Å²) in [6.07, 6.45) is 0. The molecule has 0 aliphatic rings. The van der Waals surface area contributed by atoms with Gasteiger partial charge in [-0.05, 0) is 43.7 Å². The first kappa shape index (κ1) is 24.3. The monoisotopic (exact) mass is 472 g/mol. The number of carbonyl (C=O) groups is 2. The molecule has 1 aromatic carbocycles. The summed E-state index contributed by atoms with van der Waals surface area (Å²) in [7, 11) is 1.54. The van der Waals surface area contributed by atoms with Gasteiger partial charge in [0.05, 0.1) is 17.8 Å². The van der Waals surface area contributed by atoms with Crippen LogP contribution in [0.2, 0.25) is 0 Å². The molecule has 2 amide bonds. The predicted molar refractivity (Wildman–Crippen MR) is 125 cm³/mol. The van der Waals surface area contributed by atoms with Gasteiger partial charge in [-0.15, -0.1) is 11.3 Å². The number of hydrogen-bond donors (Lipinski definition) is 4. The van der Waals surface area contributed by atoms with Gasteiger partial charge in [-0.2, -0.15) is 0 Å². The minimum Gasteiger partial charge on any atom is -0.386 e. The highest BCUT2D eigenvalue weighted by atomic mass is 32.1. The van der Waals surface area contributed by atoms with Crippen molar-refractivity contribution in [2.45, 2.75) is 19.4 Å². The number of hydrogen-bond acceptors (Lipinski definition) is 7. The zero-order chi connectivity index (χ0) is 24.2. The molecule has 3 aromatic rings. The van der Waals surface area contributed by atoms with E-state index in [0.29, 0.717) is 34.4 Å². The van der Waals surface area contributed by atoms with Gasteiger partial charge in [0.2, 0.25) is 0 Å². The Morgan fingerprint density at radius 1 is 1.24 bits per heavy atom. The van der Waals surface area contributed by atoms with Crippen molar-refractivity contribution < 1.29 is 23.8 Å². The predicted octanol–water partition coefficient (Wildman–Crippen LogP) is 3.40. The van der Waals surface area contributed by atoms with E-state index in [-0.39, 0.29) is 22.7 Å². The van der Waals surface area contributed by atoms with E-state index in [9.17, 15) is 19.1 Å². The van der Waals surface area contributed by atoms with Gasteiger partial charge in [-0.1, -0.05) is 18.2 Å². The lowest BCUT2D eigenvalue weighted by Crippen LogP contribution is -2.27. The van der Waals surface area contributed by atoms with E-state index in [1.54, 1.807) is 44.2 Å². The number of benzene rings is 1. The van der Waals surface area contributed by atoms with E-state index in [1.807, 2.05) is 0 Å². The fourth-order valence-electron chi connectivity index (χ4n) is 3.00. The standard InChI is InChI=1S/C23H25FN4O4S/c1-23(2,31)13-7-8-14(16(24)11-13)18-12-15(20(25)29)22(33-18)28-19-6-4-5-17(27-19)21(30)26-9-10-32-3/h4-8,11-12,31H,9-10H2,1-3H3,(H2,25,29)(H,26,30)(H,27,28). The minimum absolute atomic E-state index is 0.165. The van der Waals surface area contributed by atoms with Gasteiger partial charge in [0.25, 0.3) is 11.8 Å². The Morgan fingerprint density at radius 3 is 2.64 bits per heavy atom. The number of nitrogens with two attached hydrogens (primary N) is 1. The molecule has 33 heavy (non-hydrogen) atoms. The number of ether oxygens (including phenoxy) is 1. The topological polar surface area (TPSA) is 127 Å². The lowest BCUT2D eigenvalue weighted by molar-refractivity contribution is 0.0782. The summed E-state index contributed by atoms with van der Waals surface area (Å²) in [5.41, 5.74) is 5.38. The number of halogens is 1. The molecule has 3 rings (SSSR count). The molecule has 0 atom stereocenters. The molecule has 0 unspecified atom stereocenters. The second-order valence-corrected chi connectivity index (χ2v) is 8.81. The summed E-state index contributed by atoms with van der Waals surface area (Å²) < 4.78 is 19.7. The van der Waals surface area contributed by atoms with Crippen molar-refractivity contribution in [3.05, 3.63) is 65.1 Å². The van der Waals surface area contributed by atoms with E-state index in [2.05, 4.69) is 15.6 Å². The fraction of sp³-hybridized carbons (Fsp3) is 0.261. The number of carbonyl (C=O) groups excluding carboxylic acids is 2. The van der Waals surface area contributed by atoms with Gasteiger partial charge in [-0.25, -0.2) is 9.37 Å². The third-order valence-electron chi connectivity index (χ3n) is 4.75. The molecule has 0 saturated heterocycles. The van der Waals surface area contributed by atoms with Crippen LogP contribution < -0.4 is 16.4 Å². The summed E-state index contributed by atoms with van der Waals surface area (Å²) in [4.78, 5) is 29.0. The summed E-state index contributed by atoms with van der Waals surface area (Å²) in [5, 5.41) is 16.2. The lowest BCUT2D eigenvalue weighted by atomic mass is 9.96. The number of primary amides is 1. The third kappa shape index (κ3) is 5.92. The molecule has 0 spiro atoms. The number of methoxy groups -OCH3 is 1. The number of rotatable bonds is 9. The average molecular weight is 473 g/mol. The van der Waals surface area contributed by atoms with Crippen LogP contribution >= 0.6 is 11.3 Å². The van der Waals surface area contributed by atoms with Crippen molar-refractivity contribution in [3.63, 3.8) is 0 Å². The molecule has 0 bridgehead atoms. The van der Waals surface area contributed by atoms with Gasteiger partial charge in [0.1, 0.15) is 22.3 Å². The molecule has 0 radical (unpaired) electrons. The Morgan fingerprint density at radius 2 is 2.00 bits per heavy atom. The first-order chi connectivity index (χ1) is 15.6. The van der Waals surface area contributed by atoms with Crippen molar-refractivity contribution in [1.82, 2.24) is 10.3 Å². The van der Waals surface area contributed by atoms with Crippen molar-refractivity contribution in [3.8, 4) is 10.4 Å². The van der Waals surface area contributed by atoms with E-state index in [0.717, 1.165) is 11.3 Å². The first-order valence-corrected chi connectivity index (χ1v) is 10.9. The lowest BCUT2D eigenvalue weighted by Gasteiger charge is -2.18. The average Bonchev–Trinajstić information content (AvgIpc) is 3.17. The maximum atomic E-state index is 14.8. The van der Waals surface area contributed by atoms with E-state index in [1.165, 1.54) is 19.2 Å². The van der Waals surface area contributed by atoms with Crippen molar-refractivity contribution >= 4 is 34.0 Å². The largest absolute Gasteiger partial charge is 0.386 e. The van der Waals surface area contributed by atoms with Gasteiger partial charge >= 0.3 is 0 Å². The molecule has 8 nitrogen and oxygen atoms in total. The Labute approximate surface area is 194 Å². The number of anilines is 2. The highest BCUT2D eigenvalue weighted by Crippen LogP contribution is 2.38. The van der Waals surface area contributed by atoms with Crippen molar-refractivity contribution in [2.24, 2.45) is 5.73 Å². The van der Waals surface area contributed by atoms with Crippen LogP contribution in [0.3, 0.4) is 0 Å². The van der Waals surface area contributed by atoms with Crippen LogP contribution in [-0.2, 0) is 10.3 Å². The number of aromatic nitrogens is 1. The Hall–Kier alpha value is -3.34. The minimum atomic E-state index is -1.19. The van der Waals surface area contributed by atoms with Gasteiger partial charge < -0.3 is 26.2 Å². The number of nitrogens with one attached hydrogen (secondary N) is 2. The number of amides is 2. The van der Waals surface area contributed by atoms with Crippen molar-refractivity contribution in [2.75, 3.05) is 25.6 Å². The number of thiophene rings is 1. The van der Waals surface area contributed by atoms with Crippen LogP contribution in [0.25, 0.3) is 10.4 Å². The molecule has 0 saturated carbocycles. The second kappa shape index (κ2) is 10.1. The van der Waals surface area contributed by atoms with Crippen LogP contribution in [0.5, 0.6) is 0 Å². The molecule has 0 aliphatic carbocycles. The SMILES string of the molecule is COCCNC(=O)c1cccc(Nc2sc(-c3ccc(C(C)(C)O)cc3F)cc2C(N)=O)n1. The summed E-state index contributed by atoms with van der Waals surface area (Å²) in [6, 6.07) is 10.8. The van der Waals surface area contributed by atoms with E-state index in [4.69, 9.17) is 10.5 Å². The fourth-order valence-corrected chi connectivity index (χ4v) is 4.10. The molecule has 0 fully saturated rings. The molecule has 2 heterocycles. The molecular formula is C23H25FN4O4S. The van der Waals surface area contributed by atoms with Gasteiger partial charge in [0, 0.05) is 24.1 Å². The Bertz CT molecular complexity index is 1170. The van der Waals surface area contributed by atoms with Crippen LogP contribution in [0, 0.1) is 5.82 Å². The molecular weight excluding hydrogens is 447 g/mol. The maximum Gasteiger partial charge on any atom is 0.270 e. The first-order valence-electron chi connectivity index (χ1n) is 10.1. The van der Waals surface area contributed by atoms with Crippen molar-refractivity contribution in [1.29, 1.82) is 0 Å². The summed E-state index contributed by atoms with van der Waals surface area (Å²) >= 11 is 1.12. The molecule has 2 aromatic heterocycles. The maximum absolute atomic E-state index is 14.8. The van der Waals surface area contributed by atoms with Crippen LogP contribution in [0.15, 0.2) is 42.5 Å². The quantitative estimate of drug-likeness (QED) is 0.354. The Balaban J connectivity index is 1.89. The smallest absolute Gasteiger partial charge is 0.270 e. The number of aliphatic hydroxyl groups is 1. The van der Waals surface area contributed by atoms with Crippen LogP contribution in [-0.4, -0.2) is 42.2 Å². The third-order valence-corrected chi connectivity index (χ3v) is 5.84. The molecule has 5 N–H and O–H groups in total. The summed E-state index contributed by atoms with van der Waals surface area (Å²) in [6.45, 7) is 3.85. The molecule has 0 aliphatic heterocycles. The van der Waals surface area contributed by atoms with Gasteiger partial charge in [0.15, 0.2) is 0 Å². The highest BCUT2D eigenvalue weighted by Gasteiger charge is 2.21. The zero-order valence-corrected chi connectivity index (χ0v) is 19.3. The molecule has 10 heteroatoms. The van der Waals surface area contributed by atoms with Crippen LogP contribution in [0.4, 0.5) is 15.2 Å². The normalized spacial score (nSPS) is 11.3. The molecule has 174 valence electrons. The number of nitrogens with zero attached hydrogens (tertiary/aromatic N) is 1.